The second kappa shape index (κ2) is 4.37. The van der Waals surface area contributed by atoms with Crippen LogP contribution in [0.4, 0.5) is 0 Å². The van der Waals surface area contributed by atoms with Crippen LogP contribution in [0.3, 0.4) is 0 Å². The second-order valence-corrected chi connectivity index (χ2v) is 1.37. The summed E-state index contributed by atoms with van der Waals surface area (Å²) >= 11 is 0. The van der Waals surface area contributed by atoms with Crippen LogP contribution in [-0.4, -0.2) is 12.4 Å². The van der Waals surface area contributed by atoms with Gasteiger partial charge in [0, 0.05) is 6.08 Å². The van der Waals surface area contributed by atoms with Crippen LogP contribution in [0.5, 0.6) is 0 Å². The molecular weight excluding hydrogens is 104 g/mol. The standard InChI is InChI=1S/C6H10O2/c1-3-8-5-4-6(2)7/h4-5H,3H2,1-2H3. The highest BCUT2D eigenvalue weighted by atomic mass is 16.5. The van der Waals surface area contributed by atoms with Crippen molar-refractivity contribution in [3.8, 4) is 0 Å². The summed E-state index contributed by atoms with van der Waals surface area (Å²) in [4.78, 5) is 10.2. The molecule has 0 rings (SSSR count). The van der Waals surface area contributed by atoms with Gasteiger partial charge in [0.2, 0.25) is 0 Å². The predicted octanol–water partition coefficient (Wildman–Crippen LogP) is 1.13. The Morgan fingerprint density at radius 3 is 2.75 bits per heavy atom. The Bertz CT molecular complexity index is 94.7. The fourth-order valence-electron chi connectivity index (χ4n) is 0.240. The third-order valence-electron chi connectivity index (χ3n) is 0.566. The minimum Gasteiger partial charge on any atom is -0.501 e. The minimum absolute atomic E-state index is 0.0125. The highest BCUT2D eigenvalue weighted by Crippen LogP contribution is 1.76. The summed E-state index contributed by atoms with van der Waals surface area (Å²) in [5.41, 5.74) is 0. The second-order valence-electron chi connectivity index (χ2n) is 1.37. The summed E-state index contributed by atoms with van der Waals surface area (Å²) in [6.07, 6.45) is 2.80. The number of carbonyl (C=O) groups excluding carboxylic acids is 1. The van der Waals surface area contributed by atoms with E-state index < -0.39 is 0 Å². The molecular formula is C6H10O2. The zero-order chi connectivity index (χ0) is 6.41. The van der Waals surface area contributed by atoms with Crippen LogP contribution in [0.2, 0.25) is 0 Å². The molecule has 0 amide bonds. The van der Waals surface area contributed by atoms with Gasteiger partial charge in [0.05, 0.1) is 12.9 Å². The molecule has 0 aliphatic carbocycles. The topological polar surface area (TPSA) is 26.3 Å². The summed E-state index contributed by atoms with van der Waals surface area (Å²) in [6, 6.07) is 0. The van der Waals surface area contributed by atoms with Gasteiger partial charge in [0.1, 0.15) is 0 Å². The van der Waals surface area contributed by atoms with E-state index in [1.165, 1.54) is 19.3 Å². The van der Waals surface area contributed by atoms with E-state index in [1.54, 1.807) is 0 Å². The van der Waals surface area contributed by atoms with Crippen LogP contribution >= 0.6 is 0 Å². The Hall–Kier alpha value is -0.790. The van der Waals surface area contributed by atoms with Crippen molar-refractivity contribution >= 4 is 5.78 Å². The molecule has 0 aromatic heterocycles. The van der Waals surface area contributed by atoms with E-state index in [0.29, 0.717) is 6.61 Å². The lowest BCUT2D eigenvalue weighted by molar-refractivity contribution is -0.112. The fourth-order valence-corrected chi connectivity index (χ4v) is 0.240. The third kappa shape index (κ3) is 5.21. The van der Waals surface area contributed by atoms with Gasteiger partial charge in [-0.2, -0.15) is 0 Å². The SMILES string of the molecule is CCOC=CC(C)=O. The molecule has 0 unspecified atom stereocenters. The molecule has 0 aromatic carbocycles. The highest BCUT2D eigenvalue weighted by molar-refractivity contribution is 5.86. The van der Waals surface area contributed by atoms with Gasteiger partial charge in [-0.25, -0.2) is 0 Å². The highest BCUT2D eigenvalue weighted by Gasteiger charge is 1.77. The third-order valence-corrected chi connectivity index (χ3v) is 0.566. The molecule has 0 aliphatic heterocycles. The monoisotopic (exact) mass is 114 g/mol. The van der Waals surface area contributed by atoms with E-state index in [0.717, 1.165) is 0 Å². The van der Waals surface area contributed by atoms with Crippen LogP contribution in [0, 0.1) is 0 Å². The number of allylic oxidation sites excluding steroid dienone is 1. The van der Waals surface area contributed by atoms with Crippen molar-refractivity contribution in [2.75, 3.05) is 6.61 Å². The molecule has 8 heavy (non-hydrogen) atoms. The van der Waals surface area contributed by atoms with Crippen molar-refractivity contribution in [2.24, 2.45) is 0 Å². The van der Waals surface area contributed by atoms with Gasteiger partial charge in [-0.3, -0.25) is 4.79 Å². The molecule has 2 nitrogen and oxygen atoms in total. The fraction of sp³-hybridized carbons (Fsp3) is 0.500. The molecule has 0 fully saturated rings. The van der Waals surface area contributed by atoms with Crippen molar-refractivity contribution < 1.29 is 9.53 Å². The number of hydrogen-bond acceptors (Lipinski definition) is 2. The first-order valence-electron chi connectivity index (χ1n) is 2.56. The van der Waals surface area contributed by atoms with Gasteiger partial charge in [0.25, 0.3) is 0 Å². The van der Waals surface area contributed by atoms with E-state index in [4.69, 9.17) is 4.74 Å². The maximum absolute atomic E-state index is 10.2. The lowest BCUT2D eigenvalue weighted by Gasteiger charge is -1.88. The van der Waals surface area contributed by atoms with Crippen molar-refractivity contribution in [2.45, 2.75) is 13.8 Å². The van der Waals surface area contributed by atoms with E-state index in [1.807, 2.05) is 6.92 Å². The summed E-state index contributed by atoms with van der Waals surface area (Å²) in [5, 5.41) is 0. The van der Waals surface area contributed by atoms with Gasteiger partial charge in [-0.1, -0.05) is 0 Å². The Morgan fingerprint density at radius 1 is 1.75 bits per heavy atom. The van der Waals surface area contributed by atoms with E-state index in [2.05, 4.69) is 0 Å². The van der Waals surface area contributed by atoms with E-state index >= 15 is 0 Å². The Kier molecular flexibility index (Phi) is 3.94. The summed E-state index contributed by atoms with van der Waals surface area (Å²) < 4.78 is 4.74. The maximum atomic E-state index is 10.2. The molecule has 0 aliphatic rings. The quantitative estimate of drug-likeness (QED) is 0.406. The number of ketones is 1. The van der Waals surface area contributed by atoms with Crippen LogP contribution in [0.15, 0.2) is 12.3 Å². The number of rotatable bonds is 3. The van der Waals surface area contributed by atoms with Gasteiger partial charge in [-0.15, -0.1) is 0 Å². The Morgan fingerprint density at radius 2 is 2.38 bits per heavy atom. The van der Waals surface area contributed by atoms with Crippen LogP contribution < -0.4 is 0 Å². The Labute approximate surface area is 49.1 Å². The van der Waals surface area contributed by atoms with Gasteiger partial charge < -0.3 is 4.74 Å². The number of hydrogen-bond donors (Lipinski definition) is 0. The summed E-state index contributed by atoms with van der Waals surface area (Å²) in [7, 11) is 0. The van der Waals surface area contributed by atoms with Gasteiger partial charge in [-0.05, 0) is 13.8 Å². The molecule has 2 heteroatoms. The summed E-state index contributed by atoms with van der Waals surface area (Å²) in [5.74, 6) is 0.0125. The molecule has 46 valence electrons. The predicted molar refractivity (Wildman–Crippen MR) is 31.4 cm³/mol. The van der Waals surface area contributed by atoms with Crippen molar-refractivity contribution in [1.82, 2.24) is 0 Å². The first kappa shape index (κ1) is 7.21. The van der Waals surface area contributed by atoms with E-state index in [9.17, 15) is 4.79 Å². The first-order chi connectivity index (χ1) is 3.77. The largest absolute Gasteiger partial charge is 0.501 e. The zero-order valence-corrected chi connectivity index (χ0v) is 5.18. The average Bonchev–Trinajstić information content (AvgIpc) is 1.66. The molecule has 0 saturated heterocycles. The first-order valence-corrected chi connectivity index (χ1v) is 2.56. The van der Waals surface area contributed by atoms with E-state index in [-0.39, 0.29) is 5.78 Å². The molecule has 0 spiro atoms. The molecule has 0 aromatic rings. The zero-order valence-electron chi connectivity index (χ0n) is 5.18. The van der Waals surface area contributed by atoms with Crippen molar-refractivity contribution in [1.29, 1.82) is 0 Å². The summed E-state index contributed by atoms with van der Waals surface area (Å²) in [6.45, 7) is 3.96. The average molecular weight is 114 g/mol. The van der Waals surface area contributed by atoms with Crippen LogP contribution in [0.25, 0.3) is 0 Å². The van der Waals surface area contributed by atoms with Crippen LogP contribution in [-0.2, 0) is 9.53 Å². The number of ether oxygens (including phenoxy) is 1. The minimum atomic E-state index is 0.0125. The van der Waals surface area contributed by atoms with Crippen LogP contribution in [0.1, 0.15) is 13.8 Å². The molecule has 0 heterocycles. The Balaban J connectivity index is 3.20. The number of carbonyl (C=O) groups is 1. The molecule has 0 radical (unpaired) electrons. The normalized spacial score (nSPS) is 9.75. The van der Waals surface area contributed by atoms with Crippen molar-refractivity contribution in [3.63, 3.8) is 0 Å². The molecule has 0 atom stereocenters. The maximum Gasteiger partial charge on any atom is 0.155 e. The lowest BCUT2D eigenvalue weighted by atomic mass is 10.4. The van der Waals surface area contributed by atoms with Gasteiger partial charge in [0.15, 0.2) is 5.78 Å². The lowest BCUT2D eigenvalue weighted by Crippen LogP contribution is -1.82. The molecule has 0 bridgehead atoms. The van der Waals surface area contributed by atoms with Gasteiger partial charge >= 0.3 is 0 Å². The smallest absolute Gasteiger partial charge is 0.155 e. The van der Waals surface area contributed by atoms with Crippen molar-refractivity contribution in [3.05, 3.63) is 12.3 Å². The molecule has 0 N–H and O–H groups in total. The molecule has 0 saturated carbocycles.